The Morgan fingerprint density at radius 1 is 1.16 bits per heavy atom. The summed E-state index contributed by atoms with van der Waals surface area (Å²) >= 11 is 1.91. The van der Waals surface area contributed by atoms with Crippen LogP contribution in [0.25, 0.3) is 0 Å². The minimum Gasteiger partial charge on any atom is -1.00 e. The predicted octanol–water partition coefficient (Wildman–Crippen LogP) is 0.572. The van der Waals surface area contributed by atoms with Crippen molar-refractivity contribution in [1.82, 2.24) is 0 Å². The first-order chi connectivity index (χ1) is 8.46. The molecule has 0 bridgehead atoms. The summed E-state index contributed by atoms with van der Waals surface area (Å²) in [5.41, 5.74) is 2.52. The first-order valence-corrected chi connectivity index (χ1v) is 7.04. The van der Waals surface area contributed by atoms with Crippen LogP contribution in [0.4, 0.5) is 5.69 Å². The number of thioether (sulfide) groups is 1. The van der Waals surface area contributed by atoms with Gasteiger partial charge in [0, 0.05) is 22.9 Å². The van der Waals surface area contributed by atoms with Crippen molar-refractivity contribution < 1.29 is 28.6 Å². The zero-order valence-corrected chi connectivity index (χ0v) is 14.9. The van der Waals surface area contributed by atoms with Crippen molar-refractivity contribution in [2.24, 2.45) is 0 Å². The number of hydrogen-bond acceptors (Lipinski definition) is 2. The molecule has 1 aromatic carbocycles. The van der Waals surface area contributed by atoms with Gasteiger partial charge < -0.3 is 29.3 Å². The minimum atomic E-state index is 0. The van der Waals surface area contributed by atoms with Crippen LogP contribution in [-0.4, -0.2) is 29.1 Å². The van der Waals surface area contributed by atoms with Gasteiger partial charge in [-0.15, -0.1) is 11.8 Å². The van der Waals surface area contributed by atoms with Crippen LogP contribution in [0.5, 0.6) is 0 Å². The third-order valence-electron chi connectivity index (χ3n) is 2.91. The summed E-state index contributed by atoms with van der Waals surface area (Å²) in [6.07, 6.45) is 3.35. The van der Waals surface area contributed by atoms with E-state index in [0.29, 0.717) is 0 Å². The summed E-state index contributed by atoms with van der Waals surface area (Å²) in [5.74, 6) is 0. The third kappa shape index (κ3) is 4.84. The van der Waals surface area contributed by atoms with Gasteiger partial charge in [-0.3, -0.25) is 0 Å². The maximum atomic E-state index is 3.50. The summed E-state index contributed by atoms with van der Waals surface area (Å²) in [4.78, 5) is 0. The summed E-state index contributed by atoms with van der Waals surface area (Å²) in [6.45, 7) is 4.58. The molecule has 2 nitrogen and oxygen atoms in total. The predicted molar refractivity (Wildman–Crippen MR) is 81.6 cm³/mol. The molecule has 1 aliphatic rings. The molecule has 0 aromatic heterocycles. The molecule has 0 saturated carbocycles. The summed E-state index contributed by atoms with van der Waals surface area (Å²) in [5, 5.41) is 4.72. The quantitative estimate of drug-likeness (QED) is 0.589. The van der Waals surface area contributed by atoms with E-state index in [1.54, 1.807) is 0 Å². The van der Waals surface area contributed by atoms with Crippen molar-refractivity contribution in [2.45, 2.75) is 25.0 Å². The highest BCUT2D eigenvalue weighted by molar-refractivity contribution is 8.04. The molecule has 0 unspecified atom stereocenters. The highest BCUT2D eigenvalue weighted by atomic mass is 127. The van der Waals surface area contributed by atoms with Gasteiger partial charge in [-0.25, -0.2) is 4.58 Å². The van der Waals surface area contributed by atoms with E-state index in [2.05, 4.69) is 68.2 Å². The van der Waals surface area contributed by atoms with Gasteiger partial charge in [-0.1, -0.05) is 18.2 Å². The van der Waals surface area contributed by atoms with Gasteiger partial charge in [-0.2, -0.15) is 0 Å². The van der Waals surface area contributed by atoms with Gasteiger partial charge in [0.1, 0.15) is 14.1 Å². The summed E-state index contributed by atoms with van der Waals surface area (Å²) in [7, 11) is 4.22. The Kier molecular flexibility index (Phi) is 5.92. The lowest BCUT2D eigenvalue weighted by molar-refractivity contribution is -0.465. The van der Waals surface area contributed by atoms with Crippen molar-refractivity contribution in [1.29, 1.82) is 0 Å². The third-order valence-corrected chi connectivity index (χ3v) is 4.04. The van der Waals surface area contributed by atoms with E-state index in [9.17, 15) is 0 Å². The zero-order chi connectivity index (χ0) is 13.2. The Balaban J connectivity index is 0.00000180. The van der Waals surface area contributed by atoms with Crippen LogP contribution in [0.2, 0.25) is 0 Å². The maximum absolute atomic E-state index is 3.50. The van der Waals surface area contributed by atoms with Gasteiger partial charge >= 0.3 is 0 Å². The monoisotopic (exact) mass is 388 g/mol. The van der Waals surface area contributed by atoms with Crippen LogP contribution in [-0.2, 0) is 0 Å². The molecule has 104 valence electrons. The van der Waals surface area contributed by atoms with Crippen LogP contribution in [0.1, 0.15) is 20.3 Å². The van der Waals surface area contributed by atoms with Gasteiger partial charge in [0.15, 0.2) is 5.71 Å². The second-order valence-electron chi connectivity index (χ2n) is 5.42. The average Bonchev–Trinajstić information content (AvgIpc) is 2.28. The van der Waals surface area contributed by atoms with E-state index < -0.39 is 0 Å². The lowest BCUT2D eigenvalue weighted by Gasteiger charge is -2.28. The largest absolute Gasteiger partial charge is 1.00 e. The number of benzene rings is 1. The van der Waals surface area contributed by atoms with Crippen molar-refractivity contribution in [3.05, 3.63) is 41.4 Å². The number of nitrogens with one attached hydrogen (secondary N) is 1. The molecule has 1 heterocycles. The number of nitrogens with zero attached hydrogens (tertiary/aromatic N) is 1. The Hall–Kier alpha value is -0.490. The molecule has 19 heavy (non-hydrogen) atoms. The molecular formula is C15H21IN2S. The number of anilines is 1. The lowest BCUT2D eigenvalue weighted by Crippen LogP contribution is -3.00. The van der Waals surface area contributed by atoms with E-state index in [4.69, 9.17) is 0 Å². The van der Waals surface area contributed by atoms with Gasteiger partial charge in [0.2, 0.25) is 0 Å². The Morgan fingerprint density at radius 3 is 2.37 bits per heavy atom. The number of halogens is 1. The van der Waals surface area contributed by atoms with E-state index in [0.717, 1.165) is 12.1 Å². The van der Waals surface area contributed by atoms with Crippen molar-refractivity contribution >= 4 is 23.2 Å². The van der Waals surface area contributed by atoms with E-state index in [1.807, 2.05) is 17.8 Å². The number of allylic oxidation sites excluding steroid dienone is 1. The molecule has 0 spiro atoms. The van der Waals surface area contributed by atoms with Crippen molar-refractivity contribution in [3.63, 3.8) is 0 Å². The van der Waals surface area contributed by atoms with Crippen molar-refractivity contribution in [2.75, 3.05) is 19.4 Å². The smallest absolute Gasteiger partial charge is 0.179 e. The van der Waals surface area contributed by atoms with E-state index in [1.165, 1.54) is 10.7 Å². The first kappa shape index (κ1) is 16.6. The van der Waals surface area contributed by atoms with Gasteiger partial charge in [0.05, 0.1) is 5.03 Å². The number of hydrogen-bond donors (Lipinski definition) is 1. The maximum Gasteiger partial charge on any atom is 0.179 e. The van der Waals surface area contributed by atoms with E-state index >= 15 is 0 Å². The molecule has 2 rings (SSSR count). The average molecular weight is 388 g/mol. The molecule has 4 heteroatoms. The standard InChI is InChI=1S/C15H20N2S.HI/c1-15(2)11-13(17(3)4)10-14(18-15)16-12-8-6-5-7-9-12;/h5-10H,11H2,1-4H3;1H. The molecule has 0 fully saturated rings. The Bertz CT molecular complexity index is 488. The highest BCUT2D eigenvalue weighted by Gasteiger charge is 2.30. The van der Waals surface area contributed by atoms with Gasteiger partial charge in [-0.05, 0) is 26.0 Å². The second-order valence-corrected chi connectivity index (χ2v) is 7.17. The SMILES string of the molecule is C[N+](C)=C1C=C(Nc2ccccc2)SC(C)(C)C1.[I-]. The second kappa shape index (κ2) is 6.79. The minimum absolute atomic E-state index is 0. The molecule has 1 aliphatic heterocycles. The molecule has 0 aliphatic carbocycles. The summed E-state index contributed by atoms with van der Waals surface area (Å²) in [6, 6.07) is 10.3. The lowest BCUT2D eigenvalue weighted by atomic mass is 10.0. The summed E-state index contributed by atoms with van der Waals surface area (Å²) < 4.78 is 2.44. The molecule has 0 saturated heterocycles. The zero-order valence-electron chi connectivity index (χ0n) is 11.9. The number of para-hydroxylation sites is 1. The van der Waals surface area contributed by atoms with Crippen LogP contribution in [0.3, 0.4) is 0 Å². The molecule has 0 amide bonds. The molecular weight excluding hydrogens is 367 g/mol. The molecule has 0 atom stereocenters. The molecule has 1 N–H and O–H groups in total. The van der Waals surface area contributed by atoms with Gasteiger partial charge in [0.25, 0.3) is 0 Å². The Labute approximate surface area is 137 Å². The van der Waals surface area contributed by atoms with Crippen LogP contribution in [0, 0.1) is 0 Å². The number of rotatable bonds is 2. The first-order valence-electron chi connectivity index (χ1n) is 6.22. The Morgan fingerprint density at radius 2 is 1.79 bits per heavy atom. The fourth-order valence-corrected chi connectivity index (χ4v) is 3.19. The van der Waals surface area contributed by atoms with Crippen LogP contribution < -0.4 is 29.3 Å². The topological polar surface area (TPSA) is 15.0 Å². The fourth-order valence-electron chi connectivity index (χ4n) is 2.01. The van der Waals surface area contributed by atoms with Crippen molar-refractivity contribution in [3.8, 4) is 0 Å². The molecule has 1 aromatic rings. The normalized spacial score (nSPS) is 17.3. The van der Waals surface area contributed by atoms with Crippen LogP contribution in [0.15, 0.2) is 41.4 Å². The molecule has 0 radical (unpaired) electrons. The van der Waals surface area contributed by atoms with Crippen LogP contribution >= 0.6 is 11.8 Å². The van der Waals surface area contributed by atoms with E-state index in [-0.39, 0.29) is 28.7 Å². The highest BCUT2D eigenvalue weighted by Crippen LogP contribution is 2.38. The fraction of sp³-hybridized carbons (Fsp3) is 0.400.